The maximum Gasteiger partial charge on any atom is 0.225 e. The van der Waals surface area contributed by atoms with Gasteiger partial charge in [-0.05, 0) is 30.2 Å². The number of nitrogens with zero attached hydrogens (tertiary/aromatic N) is 2. The molecule has 29 heavy (non-hydrogen) atoms. The molecule has 0 aliphatic heterocycles. The van der Waals surface area contributed by atoms with Crippen LogP contribution in [0.2, 0.25) is 0 Å². The number of rotatable bonds is 8. The summed E-state index contributed by atoms with van der Waals surface area (Å²) in [5.74, 6) is 2.30. The zero-order valence-electron chi connectivity index (χ0n) is 16.4. The van der Waals surface area contributed by atoms with E-state index in [1.807, 2.05) is 54.6 Å². The molecule has 0 fully saturated rings. The average Bonchev–Trinajstić information content (AvgIpc) is 2.78. The summed E-state index contributed by atoms with van der Waals surface area (Å²) < 4.78 is 5.46. The van der Waals surface area contributed by atoms with Crippen LogP contribution in [0.4, 0.5) is 11.8 Å². The smallest absolute Gasteiger partial charge is 0.225 e. The molecule has 0 aliphatic carbocycles. The Morgan fingerprint density at radius 1 is 0.793 bits per heavy atom. The van der Waals surface area contributed by atoms with Crippen molar-refractivity contribution >= 4 is 22.7 Å². The fourth-order valence-electron chi connectivity index (χ4n) is 3.28. The van der Waals surface area contributed by atoms with Gasteiger partial charge in [0, 0.05) is 24.0 Å². The van der Waals surface area contributed by atoms with Crippen molar-refractivity contribution in [1.29, 1.82) is 0 Å². The minimum Gasteiger partial charge on any atom is -0.496 e. The number of methoxy groups -OCH3 is 1. The molecule has 5 nitrogen and oxygen atoms in total. The number of benzene rings is 3. The second-order valence-corrected chi connectivity index (χ2v) is 6.74. The Morgan fingerprint density at radius 2 is 1.55 bits per heavy atom. The molecule has 5 heteroatoms. The van der Waals surface area contributed by atoms with E-state index in [0.29, 0.717) is 12.5 Å². The van der Waals surface area contributed by atoms with E-state index in [4.69, 9.17) is 9.72 Å². The number of hydrogen-bond acceptors (Lipinski definition) is 5. The Kier molecular flexibility index (Phi) is 5.86. The molecule has 0 atom stereocenters. The molecule has 2 N–H and O–H groups in total. The first-order valence-corrected chi connectivity index (χ1v) is 9.74. The van der Waals surface area contributed by atoms with E-state index >= 15 is 0 Å². The first-order chi connectivity index (χ1) is 14.3. The molecule has 4 rings (SSSR count). The SMILES string of the molecule is COc1ccccc1CNc1nc(NCCc2ccccc2)nc2ccccc12. The first kappa shape index (κ1) is 18.7. The van der Waals surface area contributed by atoms with Gasteiger partial charge in [-0.1, -0.05) is 60.7 Å². The average molecular weight is 384 g/mol. The van der Waals surface area contributed by atoms with Crippen LogP contribution in [0.5, 0.6) is 5.75 Å². The van der Waals surface area contributed by atoms with Crippen molar-refractivity contribution in [3.8, 4) is 5.75 Å². The van der Waals surface area contributed by atoms with Gasteiger partial charge in [-0.25, -0.2) is 4.98 Å². The van der Waals surface area contributed by atoms with Crippen LogP contribution in [0.15, 0.2) is 78.9 Å². The van der Waals surface area contributed by atoms with Crippen molar-refractivity contribution in [2.75, 3.05) is 24.3 Å². The zero-order valence-corrected chi connectivity index (χ0v) is 16.4. The van der Waals surface area contributed by atoms with Crippen LogP contribution in [0.25, 0.3) is 10.9 Å². The lowest BCUT2D eigenvalue weighted by Gasteiger charge is -2.13. The fraction of sp³-hybridized carbons (Fsp3) is 0.167. The topological polar surface area (TPSA) is 59.1 Å². The fourth-order valence-corrected chi connectivity index (χ4v) is 3.28. The molecule has 0 spiro atoms. The summed E-state index contributed by atoms with van der Waals surface area (Å²) in [5, 5.41) is 7.81. The van der Waals surface area contributed by atoms with Gasteiger partial charge >= 0.3 is 0 Å². The molecule has 0 amide bonds. The lowest BCUT2D eigenvalue weighted by atomic mass is 10.1. The van der Waals surface area contributed by atoms with Crippen LogP contribution in [0.1, 0.15) is 11.1 Å². The maximum atomic E-state index is 5.46. The molecule has 0 bridgehead atoms. The van der Waals surface area contributed by atoms with Crippen LogP contribution < -0.4 is 15.4 Å². The van der Waals surface area contributed by atoms with Gasteiger partial charge in [0.25, 0.3) is 0 Å². The zero-order chi connectivity index (χ0) is 19.9. The van der Waals surface area contributed by atoms with Crippen molar-refractivity contribution in [2.24, 2.45) is 0 Å². The van der Waals surface area contributed by atoms with Gasteiger partial charge in [0.2, 0.25) is 5.95 Å². The first-order valence-electron chi connectivity index (χ1n) is 9.74. The third-order valence-electron chi connectivity index (χ3n) is 4.78. The summed E-state index contributed by atoms with van der Waals surface area (Å²) in [6.45, 7) is 1.39. The monoisotopic (exact) mass is 384 g/mol. The van der Waals surface area contributed by atoms with E-state index in [1.54, 1.807) is 7.11 Å². The van der Waals surface area contributed by atoms with Gasteiger partial charge in [0.15, 0.2) is 0 Å². The van der Waals surface area contributed by atoms with E-state index in [1.165, 1.54) is 5.56 Å². The second-order valence-electron chi connectivity index (χ2n) is 6.74. The normalized spacial score (nSPS) is 10.7. The molecular weight excluding hydrogens is 360 g/mol. The minimum atomic E-state index is 0.620. The van der Waals surface area contributed by atoms with Gasteiger partial charge in [-0.3, -0.25) is 0 Å². The molecule has 0 aliphatic rings. The number of aromatic nitrogens is 2. The molecule has 1 aromatic heterocycles. The van der Waals surface area contributed by atoms with Gasteiger partial charge in [0.05, 0.1) is 12.6 Å². The van der Waals surface area contributed by atoms with Crippen LogP contribution >= 0.6 is 0 Å². The highest BCUT2D eigenvalue weighted by molar-refractivity contribution is 5.90. The minimum absolute atomic E-state index is 0.620. The summed E-state index contributed by atoms with van der Waals surface area (Å²) in [4.78, 5) is 9.40. The van der Waals surface area contributed by atoms with Crippen LogP contribution in [0.3, 0.4) is 0 Å². The van der Waals surface area contributed by atoms with Crippen LogP contribution in [0, 0.1) is 0 Å². The van der Waals surface area contributed by atoms with Gasteiger partial charge in [-0.15, -0.1) is 0 Å². The largest absolute Gasteiger partial charge is 0.496 e. The number of fused-ring (bicyclic) bond motifs is 1. The lowest BCUT2D eigenvalue weighted by molar-refractivity contribution is 0.410. The molecule has 146 valence electrons. The van der Waals surface area contributed by atoms with Crippen LogP contribution in [-0.4, -0.2) is 23.6 Å². The predicted octanol–water partition coefficient (Wildman–Crippen LogP) is 4.91. The third kappa shape index (κ3) is 4.63. The van der Waals surface area contributed by atoms with Gasteiger partial charge < -0.3 is 15.4 Å². The van der Waals surface area contributed by atoms with E-state index in [-0.39, 0.29) is 0 Å². The van der Waals surface area contributed by atoms with Crippen molar-refractivity contribution in [3.05, 3.63) is 90.0 Å². The maximum absolute atomic E-state index is 5.46. The second kappa shape index (κ2) is 9.06. The predicted molar refractivity (Wildman–Crippen MR) is 118 cm³/mol. The van der Waals surface area contributed by atoms with Crippen molar-refractivity contribution in [2.45, 2.75) is 13.0 Å². The number of para-hydroxylation sites is 2. The highest BCUT2D eigenvalue weighted by Gasteiger charge is 2.09. The van der Waals surface area contributed by atoms with E-state index < -0.39 is 0 Å². The highest BCUT2D eigenvalue weighted by Crippen LogP contribution is 2.24. The van der Waals surface area contributed by atoms with Gasteiger partial charge in [0.1, 0.15) is 11.6 Å². The number of hydrogen-bond donors (Lipinski definition) is 2. The summed E-state index contributed by atoms with van der Waals surface area (Å²) in [7, 11) is 1.69. The Balaban J connectivity index is 1.52. The molecule has 3 aromatic carbocycles. The van der Waals surface area contributed by atoms with E-state index in [2.05, 4.69) is 39.9 Å². The molecule has 1 heterocycles. The highest BCUT2D eigenvalue weighted by atomic mass is 16.5. The Bertz CT molecular complexity index is 1080. The quantitative estimate of drug-likeness (QED) is 0.452. The summed E-state index contributed by atoms with van der Waals surface area (Å²) in [6.07, 6.45) is 0.918. The number of ether oxygens (including phenoxy) is 1. The molecule has 0 unspecified atom stereocenters. The Hall–Kier alpha value is -3.60. The van der Waals surface area contributed by atoms with Gasteiger partial charge in [-0.2, -0.15) is 4.98 Å². The number of anilines is 2. The van der Waals surface area contributed by atoms with Crippen molar-refractivity contribution < 1.29 is 4.74 Å². The third-order valence-corrected chi connectivity index (χ3v) is 4.78. The molecule has 4 aromatic rings. The molecular formula is C24H24N4O. The van der Waals surface area contributed by atoms with E-state index in [9.17, 15) is 0 Å². The Labute approximate surface area is 170 Å². The summed E-state index contributed by atoms with van der Waals surface area (Å²) in [5.41, 5.74) is 3.28. The lowest BCUT2D eigenvalue weighted by Crippen LogP contribution is -2.10. The number of nitrogens with one attached hydrogen (secondary N) is 2. The molecule has 0 saturated heterocycles. The van der Waals surface area contributed by atoms with Crippen LogP contribution in [-0.2, 0) is 13.0 Å². The summed E-state index contributed by atoms with van der Waals surface area (Å²) in [6, 6.07) is 26.4. The molecule has 0 radical (unpaired) electrons. The summed E-state index contributed by atoms with van der Waals surface area (Å²) >= 11 is 0. The van der Waals surface area contributed by atoms with Crippen molar-refractivity contribution in [3.63, 3.8) is 0 Å². The Morgan fingerprint density at radius 3 is 2.41 bits per heavy atom. The molecule has 0 saturated carbocycles. The standard InChI is InChI=1S/C24H24N4O/c1-29-22-14-8-5-11-19(22)17-26-23-20-12-6-7-13-21(20)27-24(28-23)25-16-15-18-9-3-2-4-10-18/h2-14H,15-17H2,1H3,(H2,25,26,27,28). The van der Waals surface area contributed by atoms with Crippen molar-refractivity contribution in [1.82, 2.24) is 9.97 Å². The van der Waals surface area contributed by atoms with E-state index in [0.717, 1.165) is 41.0 Å².